The van der Waals surface area contributed by atoms with Crippen LogP contribution < -0.4 is 10.6 Å². The number of anilines is 2. The molecule has 2 N–H and O–H groups in total. The molecule has 1 fully saturated rings. The first kappa shape index (κ1) is 9.71. The Morgan fingerprint density at radius 1 is 1.33 bits per heavy atom. The molecule has 4 heteroatoms. The van der Waals surface area contributed by atoms with Crippen molar-refractivity contribution in [3.8, 4) is 0 Å². The molecule has 4 nitrogen and oxygen atoms in total. The molecule has 0 bridgehead atoms. The van der Waals surface area contributed by atoms with E-state index in [0.29, 0.717) is 12.1 Å². The van der Waals surface area contributed by atoms with Gasteiger partial charge in [-0.05, 0) is 31.0 Å². The van der Waals surface area contributed by atoms with Gasteiger partial charge in [-0.15, -0.1) is 0 Å². The first-order chi connectivity index (χ1) is 7.29. The molecular weight excluding hydrogens is 192 g/mol. The van der Waals surface area contributed by atoms with Gasteiger partial charge in [0.15, 0.2) is 0 Å². The van der Waals surface area contributed by atoms with Gasteiger partial charge in [0.05, 0.1) is 0 Å². The van der Waals surface area contributed by atoms with Gasteiger partial charge in [-0.25, -0.2) is 0 Å². The highest BCUT2D eigenvalue weighted by atomic mass is 16.2. The van der Waals surface area contributed by atoms with Crippen LogP contribution in [0.2, 0.25) is 0 Å². The van der Waals surface area contributed by atoms with Gasteiger partial charge < -0.3 is 10.6 Å². The second-order valence-corrected chi connectivity index (χ2v) is 3.61. The second kappa shape index (κ2) is 4.13. The Bertz CT molecular complexity index is 386. The molecular formula is C11H12N2O2. The zero-order chi connectivity index (χ0) is 10.7. The van der Waals surface area contributed by atoms with E-state index in [4.69, 9.17) is 0 Å². The molecule has 0 heterocycles. The Kier molecular flexibility index (Phi) is 2.67. The summed E-state index contributed by atoms with van der Waals surface area (Å²) in [5, 5.41) is 5.34. The molecule has 1 aliphatic rings. The van der Waals surface area contributed by atoms with E-state index in [1.807, 2.05) is 0 Å². The van der Waals surface area contributed by atoms with E-state index < -0.39 is 0 Å². The molecule has 0 spiro atoms. The molecule has 2 amide bonds. The number of benzene rings is 1. The minimum atomic E-state index is 0.0678. The van der Waals surface area contributed by atoms with E-state index in [1.165, 1.54) is 0 Å². The van der Waals surface area contributed by atoms with Crippen molar-refractivity contribution in [2.45, 2.75) is 12.8 Å². The summed E-state index contributed by atoms with van der Waals surface area (Å²) in [7, 11) is 0. The third-order valence-corrected chi connectivity index (χ3v) is 2.30. The van der Waals surface area contributed by atoms with Crippen LogP contribution in [-0.2, 0) is 9.59 Å². The lowest BCUT2D eigenvalue weighted by molar-refractivity contribution is -0.117. The lowest BCUT2D eigenvalue weighted by Crippen LogP contribution is -2.13. The first-order valence-corrected chi connectivity index (χ1v) is 4.91. The summed E-state index contributed by atoms with van der Waals surface area (Å²) in [4.78, 5) is 21.7. The maximum atomic E-state index is 11.4. The Labute approximate surface area is 87.7 Å². The van der Waals surface area contributed by atoms with Crippen LogP contribution in [0.1, 0.15) is 12.8 Å². The average molecular weight is 204 g/mol. The van der Waals surface area contributed by atoms with E-state index in [-0.39, 0.29) is 11.8 Å². The lowest BCUT2D eigenvalue weighted by Gasteiger charge is -2.05. The van der Waals surface area contributed by atoms with Crippen LogP contribution in [0, 0.1) is 5.92 Å². The molecule has 0 unspecified atom stereocenters. The lowest BCUT2D eigenvalue weighted by atomic mass is 10.2. The maximum absolute atomic E-state index is 11.4. The number of carbonyl (C=O) groups is 2. The van der Waals surface area contributed by atoms with Crippen LogP contribution in [0.5, 0.6) is 0 Å². The molecule has 1 aromatic carbocycles. The largest absolute Gasteiger partial charge is 0.329 e. The fourth-order valence-corrected chi connectivity index (χ4v) is 1.34. The number of nitrogens with one attached hydrogen (secondary N) is 2. The Hall–Kier alpha value is -1.84. The predicted molar refractivity (Wildman–Crippen MR) is 57.5 cm³/mol. The van der Waals surface area contributed by atoms with Gasteiger partial charge in [-0.3, -0.25) is 9.59 Å². The number of amides is 2. The number of rotatable bonds is 4. The standard InChI is InChI=1S/C11H12N2O2/c14-7-12-9-2-1-3-10(6-9)13-11(15)8-4-5-8/h1-3,6-8H,4-5H2,(H,12,14)(H,13,15). The highest BCUT2D eigenvalue weighted by molar-refractivity contribution is 5.94. The molecule has 0 aromatic heterocycles. The third kappa shape index (κ3) is 2.56. The van der Waals surface area contributed by atoms with Crippen LogP contribution in [0.3, 0.4) is 0 Å². The van der Waals surface area contributed by atoms with Crippen molar-refractivity contribution in [1.29, 1.82) is 0 Å². The van der Waals surface area contributed by atoms with E-state index in [0.717, 1.165) is 18.5 Å². The van der Waals surface area contributed by atoms with Gasteiger partial charge in [0.1, 0.15) is 0 Å². The summed E-state index contributed by atoms with van der Waals surface area (Å²) in [6, 6.07) is 7.08. The zero-order valence-corrected chi connectivity index (χ0v) is 8.19. The van der Waals surface area contributed by atoms with Crippen molar-refractivity contribution < 1.29 is 9.59 Å². The van der Waals surface area contributed by atoms with Gasteiger partial charge in [0.2, 0.25) is 12.3 Å². The van der Waals surface area contributed by atoms with Crippen LogP contribution >= 0.6 is 0 Å². The molecule has 0 saturated heterocycles. The third-order valence-electron chi connectivity index (χ3n) is 2.30. The molecule has 0 aliphatic heterocycles. The number of carbonyl (C=O) groups excluding carboxylic acids is 2. The fourth-order valence-electron chi connectivity index (χ4n) is 1.34. The van der Waals surface area contributed by atoms with E-state index in [1.54, 1.807) is 24.3 Å². The number of hydrogen-bond donors (Lipinski definition) is 2. The molecule has 0 radical (unpaired) electrons. The van der Waals surface area contributed by atoms with Gasteiger partial charge in [-0.1, -0.05) is 6.07 Å². The highest BCUT2D eigenvalue weighted by Gasteiger charge is 2.29. The summed E-state index contributed by atoms with van der Waals surface area (Å²) in [6.07, 6.45) is 2.58. The monoisotopic (exact) mass is 204 g/mol. The van der Waals surface area contributed by atoms with Gasteiger partial charge in [-0.2, -0.15) is 0 Å². The SMILES string of the molecule is O=CNc1cccc(NC(=O)C2CC2)c1. The Morgan fingerprint density at radius 3 is 2.73 bits per heavy atom. The van der Waals surface area contributed by atoms with Crippen molar-refractivity contribution in [3.05, 3.63) is 24.3 Å². The van der Waals surface area contributed by atoms with Crippen LogP contribution in [-0.4, -0.2) is 12.3 Å². The Balaban J connectivity index is 2.03. The smallest absolute Gasteiger partial charge is 0.227 e. The normalized spacial score (nSPS) is 14.4. The summed E-state index contributed by atoms with van der Waals surface area (Å²) in [5.41, 5.74) is 1.40. The summed E-state index contributed by atoms with van der Waals surface area (Å²) in [6.45, 7) is 0. The molecule has 1 saturated carbocycles. The highest BCUT2D eigenvalue weighted by Crippen LogP contribution is 2.30. The minimum absolute atomic E-state index is 0.0678. The Morgan fingerprint density at radius 2 is 2.07 bits per heavy atom. The van der Waals surface area contributed by atoms with E-state index >= 15 is 0 Å². The minimum Gasteiger partial charge on any atom is -0.329 e. The summed E-state index contributed by atoms with van der Waals surface area (Å²) in [5.74, 6) is 0.255. The predicted octanol–water partition coefficient (Wildman–Crippen LogP) is 1.60. The van der Waals surface area contributed by atoms with Gasteiger partial charge in [0, 0.05) is 17.3 Å². The fraction of sp³-hybridized carbons (Fsp3) is 0.273. The van der Waals surface area contributed by atoms with Crippen LogP contribution in [0.15, 0.2) is 24.3 Å². The van der Waals surface area contributed by atoms with Crippen molar-refractivity contribution in [3.63, 3.8) is 0 Å². The number of hydrogen-bond acceptors (Lipinski definition) is 2. The van der Waals surface area contributed by atoms with Crippen molar-refractivity contribution in [1.82, 2.24) is 0 Å². The van der Waals surface area contributed by atoms with Crippen molar-refractivity contribution >= 4 is 23.7 Å². The van der Waals surface area contributed by atoms with Crippen LogP contribution in [0.25, 0.3) is 0 Å². The molecule has 2 rings (SSSR count). The van der Waals surface area contributed by atoms with Gasteiger partial charge in [0.25, 0.3) is 0 Å². The van der Waals surface area contributed by atoms with Gasteiger partial charge >= 0.3 is 0 Å². The molecule has 78 valence electrons. The molecule has 1 aromatic rings. The average Bonchev–Trinajstić information content (AvgIpc) is 3.01. The van der Waals surface area contributed by atoms with Crippen molar-refractivity contribution in [2.24, 2.45) is 5.92 Å². The van der Waals surface area contributed by atoms with Crippen molar-refractivity contribution in [2.75, 3.05) is 10.6 Å². The first-order valence-electron chi connectivity index (χ1n) is 4.91. The summed E-state index contributed by atoms with van der Waals surface area (Å²) < 4.78 is 0. The quantitative estimate of drug-likeness (QED) is 0.732. The topological polar surface area (TPSA) is 58.2 Å². The second-order valence-electron chi connectivity index (χ2n) is 3.61. The molecule has 0 atom stereocenters. The van der Waals surface area contributed by atoms with Crippen LogP contribution in [0.4, 0.5) is 11.4 Å². The van der Waals surface area contributed by atoms with E-state index in [2.05, 4.69) is 10.6 Å². The summed E-state index contributed by atoms with van der Waals surface area (Å²) >= 11 is 0. The maximum Gasteiger partial charge on any atom is 0.227 e. The zero-order valence-electron chi connectivity index (χ0n) is 8.19. The molecule has 15 heavy (non-hydrogen) atoms. The molecule has 1 aliphatic carbocycles. The van der Waals surface area contributed by atoms with E-state index in [9.17, 15) is 9.59 Å².